The number of carbonyl (C=O) groups is 1. The number of rotatable bonds is 5. The molecule has 1 spiro atoms. The molecule has 2 fully saturated rings. The van der Waals surface area contributed by atoms with E-state index in [9.17, 15) is 4.79 Å². The van der Waals surface area contributed by atoms with Gasteiger partial charge in [-0.15, -0.1) is 24.0 Å². The fourth-order valence-corrected chi connectivity index (χ4v) is 3.91. The Morgan fingerprint density at radius 1 is 1.21 bits per heavy atom. The van der Waals surface area contributed by atoms with Gasteiger partial charge in [-0.3, -0.25) is 9.79 Å². The van der Waals surface area contributed by atoms with Crippen molar-refractivity contribution in [2.45, 2.75) is 71.8 Å². The van der Waals surface area contributed by atoms with Crippen molar-refractivity contribution in [2.24, 2.45) is 10.4 Å². The van der Waals surface area contributed by atoms with Crippen LogP contribution in [-0.2, 0) is 4.79 Å². The van der Waals surface area contributed by atoms with E-state index in [4.69, 9.17) is 4.99 Å². The van der Waals surface area contributed by atoms with E-state index in [-0.39, 0.29) is 35.9 Å². The van der Waals surface area contributed by atoms with Gasteiger partial charge in [0, 0.05) is 32.1 Å². The molecule has 2 aliphatic rings. The molecule has 0 aromatic rings. The molecular weight excluding hydrogens is 415 g/mol. The largest absolute Gasteiger partial charge is 0.357 e. The lowest BCUT2D eigenvalue weighted by atomic mass is 9.73. The van der Waals surface area contributed by atoms with E-state index in [1.54, 1.807) is 0 Å². The van der Waals surface area contributed by atoms with Crippen LogP contribution in [0, 0.1) is 5.41 Å². The number of hydrogen-bond donors (Lipinski definition) is 2. The van der Waals surface area contributed by atoms with Crippen LogP contribution in [-0.4, -0.2) is 49.0 Å². The monoisotopic (exact) mass is 450 g/mol. The van der Waals surface area contributed by atoms with Gasteiger partial charge in [0.1, 0.15) is 0 Å². The van der Waals surface area contributed by atoms with Crippen LogP contribution in [0.3, 0.4) is 0 Å². The number of aliphatic imine (C=N–C) groups is 1. The number of nitrogens with one attached hydrogen (secondary N) is 2. The molecule has 1 aliphatic heterocycles. The van der Waals surface area contributed by atoms with E-state index in [0.717, 1.165) is 25.6 Å². The third kappa shape index (κ3) is 6.41. The average Bonchev–Trinajstić information content (AvgIpc) is 2.90. The third-order valence-electron chi connectivity index (χ3n) is 5.04. The lowest BCUT2D eigenvalue weighted by Gasteiger charge is -2.33. The van der Waals surface area contributed by atoms with Crippen molar-refractivity contribution in [3.05, 3.63) is 0 Å². The van der Waals surface area contributed by atoms with Crippen molar-refractivity contribution in [1.29, 1.82) is 0 Å². The number of amides is 1. The molecule has 0 radical (unpaired) electrons. The summed E-state index contributed by atoms with van der Waals surface area (Å²) in [6.07, 6.45) is 8.69. The maximum absolute atomic E-state index is 11.7. The third-order valence-corrected chi connectivity index (χ3v) is 5.04. The maximum atomic E-state index is 11.7. The Hall–Kier alpha value is -0.530. The average molecular weight is 450 g/mol. The Morgan fingerprint density at radius 3 is 2.54 bits per heavy atom. The van der Waals surface area contributed by atoms with Crippen LogP contribution in [0.25, 0.3) is 0 Å². The number of likely N-dealkylation sites (tertiary alicyclic amines) is 1. The number of guanidine groups is 1. The van der Waals surface area contributed by atoms with E-state index >= 15 is 0 Å². The molecule has 140 valence electrons. The molecule has 5 nitrogen and oxygen atoms in total. The van der Waals surface area contributed by atoms with Crippen LogP contribution in [0.15, 0.2) is 4.99 Å². The Kier molecular flexibility index (Phi) is 9.37. The Bertz CT molecular complexity index is 419. The molecule has 24 heavy (non-hydrogen) atoms. The Morgan fingerprint density at radius 2 is 1.92 bits per heavy atom. The van der Waals surface area contributed by atoms with E-state index in [2.05, 4.69) is 22.5 Å². The molecule has 0 aromatic heterocycles. The van der Waals surface area contributed by atoms with Crippen LogP contribution < -0.4 is 10.6 Å². The number of nitrogens with zero attached hydrogens (tertiary/aromatic N) is 2. The zero-order chi connectivity index (χ0) is 16.7. The maximum Gasteiger partial charge on any atom is 0.222 e. The number of carbonyl (C=O) groups excluding carboxylic acids is 1. The summed E-state index contributed by atoms with van der Waals surface area (Å²) in [6, 6.07) is 0.199. The van der Waals surface area contributed by atoms with Crippen LogP contribution in [0.4, 0.5) is 0 Å². The van der Waals surface area contributed by atoms with Crippen molar-refractivity contribution in [3.8, 4) is 0 Å². The lowest BCUT2D eigenvalue weighted by Crippen LogP contribution is -2.42. The highest BCUT2D eigenvalue weighted by Gasteiger charge is 2.39. The molecule has 6 heteroatoms. The first-order chi connectivity index (χ1) is 11.0. The summed E-state index contributed by atoms with van der Waals surface area (Å²) in [5.74, 6) is 1.08. The topological polar surface area (TPSA) is 56.7 Å². The van der Waals surface area contributed by atoms with Crippen molar-refractivity contribution < 1.29 is 4.79 Å². The van der Waals surface area contributed by atoms with E-state index in [0.29, 0.717) is 18.4 Å². The summed E-state index contributed by atoms with van der Waals surface area (Å²) in [6.45, 7) is 9.75. The normalized spacial score (nSPS) is 20.2. The predicted octanol–water partition coefficient (Wildman–Crippen LogP) is 3.14. The molecule has 1 saturated heterocycles. The highest BCUT2D eigenvalue weighted by Crippen LogP contribution is 2.43. The van der Waals surface area contributed by atoms with Gasteiger partial charge in [0.25, 0.3) is 0 Å². The van der Waals surface area contributed by atoms with Gasteiger partial charge in [-0.25, -0.2) is 0 Å². The van der Waals surface area contributed by atoms with Crippen molar-refractivity contribution in [1.82, 2.24) is 15.5 Å². The first-order valence-corrected chi connectivity index (χ1v) is 9.37. The highest BCUT2D eigenvalue weighted by atomic mass is 127. The lowest BCUT2D eigenvalue weighted by molar-refractivity contribution is -0.121. The summed E-state index contributed by atoms with van der Waals surface area (Å²) in [7, 11) is 0. The molecule has 1 amide bonds. The van der Waals surface area contributed by atoms with Gasteiger partial charge in [0.15, 0.2) is 5.96 Å². The van der Waals surface area contributed by atoms with Crippen molar-refractivity contribution in [2.75, 3.05) is 26.2 Å². The molecule has 1 aliphatic carbocycles. The van der Waals surface area contributed by atoms with Crippen LogP contribution in [0.5, 0.6) is 0 Å². The molecule has 0 bridgehead atoms. The minimum atomic E-state index is 0. The number of hydrogen-bond acceptors (Lipinski definition) is 2. The summed E-state index contributed by atoms with van der Waals surface area (Å²) in [4.78, 5) is 18.8. The van der Waals surface area contributed by atoms with Gasteiger partial charge in [-0.1, -0.05) is 19.3 Å². The van der Waals surface area contributed by atoms with Gasteiger partial charge in [0.05, 0.1) is 6.54 Å². The first kappa shape index (κ1) is 21.5. The molecule has 1 heterocycles. The van der Waals surface area contributed by atoms with Gasteiger partial charge in [-0.2, -0.15) is 0 Å². The van der Waals surface area contributed by atoms with Gasteiger partial charge in [0.2, 0.25) is 5.91 Å². The second-order valence-corrected chi connectivity index (χ2v) is 7.44. The molecule has 0 atom stereocenters. The summed E-state index contributed by atoms with van der Waals surface area (Å²) in [5, 5.41) is 6.33. The highest BCUT2D eigenvalue weighted by molar-refractivity contribution is 14.0. The van der Waals surface area contributed by atoms with Gasteiger partial charge >= 0.3 is 0 Å². The molecule has 2 rings (SSSR count). The molecule has 1 saturated carbocycles. The predicted molar refractivity (Wildman–Crippen MR) is 111 cm³/mol. The van der Waals surface area contributed by atoms with Gasteiger partial charge < -0.3 is 15.5 Å². The minimum Gasteiger partial charge on any atom is -0.357 e. The number of halogens is 1. The van der Waals surface area contributed by atoms with Crippen LogP contribution >= 0.6 is 24.0 Å². The molecule has 0 aromatic carbocycles. The van der Waals surface area contributed by atoms with Gasteiger partial charge in [-0.05, 0) is 45.4 Å². The standard InChI is InChI=1S/C18H34N4O.HI/c1-4-19-17(20-12-8-16(23)21-15(2)3)22-13-11-18(14-22)9-6-5-7-10-18;/h15H,4-14H2,1-3H3,(H,19,20)(H,21,23);1H. The van der Waals surface area contributed by atoms with Crippen LogP contribution in [0.1, 0.15) is 65.7 Å². The Balaban J connectivity index is 0.00000288. The molecule has 0 unspecified atom stereocenters. The molecular formula is C18H35IN4O. The zero-order valence-electron chi connectivity index (χ0n) is 15.6. The minimum absolute atomic E-state index is 0. The Labute approximate surface area is 164 Å². The molecule has 2 N–H and O–H groups in total. The first-order valence-electron chi connectivity index (χ1n) is 9.37. The smallest absolute Gasteiger partial charge is 0.222 e. The quantitative estimate of drug-likeness (QED) is 0.385. The van der Waals surface area contributed by atoms with E-state index in [1.165, 1.54) is 38.5 Å². The summed E-state index contributed by atoms with van der Waals surface area (Å²) in [5.41, 5.74) is 0.531. The van der Waals surface area contributed by atoms with E-state index in [1.807, 2.05) is 13.8 Å². The second kappa shape index (κ2) is 10.5. The summed E-state index contributed by atoms with van der Waals surface area (Å²) >= 11 is 0. The fourth-order valence-electron chi connectivity index (χ4n) is 3.91. The SMILES string of the molecule is CCNC(=NCCC(=O)NC(C)C)N1CCC2(CCCCC2)C1.I. The fraction of sp³-hybridized carbons (Fsp3) is 0.889. The van der Waals surface area contributed by atoms with Crippen LogP contribution in [0.2, 0.25) is 0 Å². The second-order valence-electron chi connectivity index (χ2n) is 7.44. The van der Waals surface area contributed by atoms with Crippen molar-refractivity contribution in [3.63, 3.8) is 0 Å². The summed E-state index contributed by atoms with van der Waals surface area (Å²) < 4.78 is 0. The zero-order valence-corrected chi connectivity index (χ0v) is 17.9. The van der Waals surface area contributed by atoms with E-state index < -0.39 is 0 Å². The van der Waals surface area contributed by atoms with Crippen molar-refractivity contribution >= 4 is 35.8 Å².